The first kappa shape index (κ1) is 26.7. The van der Waals surface area contributed by atoms with Crippen LogP contribution in [0.2, 0.25) is 5.02 Å². The van der Waals surface area contributed by atoms with E-state index in [9.17, 15) is 14.4 Å². The maximum atomic E-state index is 11.8. The Labute approximate surface area is 192 Å². The average Bonchev–Trinajstić information content (AvgIpc) is 2.59. The Bertz CT molecular complexity index is 645. The molecule has 0 fully saturated rings. The van der Waals surface area contributed by atoms with E-state index < -0.39 is 29.7 Å². The monoisotopic (exact) mass is 422 g/mol. The summed E-state index contributed by atoms with van der Waals surface area (Å²) in [5.74, 6) is -0.464. The average molecular weight is 423 g/mol. The smallest absolute Gasteiger partial charge is 0.427 e. The fraction of sp³-hybridized carbons (Fsp3) is 0.526. The number of alkyl carbamates (subject to hydrolysis) is 1. The van der Waals surface area contributed by atoms with Crippen LogP contribution in [0.15, 0.2) is 24.3 Å². The Morgan fingerprint density at radius 2 is 1.71 bits per heavy atom. The molecule has 0 saturated carbocycles. The molecule has 0 saturated heterocycles. The largest absolute Gasteiger partial charge is 1.00 e. The van der Waals surface area contributed by atoms with Gasteiger partial charge in [0.1, 0.15) is 5.75 Å². The number of benzene rings is 1. The van der Waals surface area contributed by atoms with Crippen LogP contribution in [-0.2, 0) is 19.1 Å². The summed E-state index contributed by atoms with van der Waals surface area (Å²) in [7, 11) is 0. The topological polar surface area (TPSA) is 90.9 Å². The molecular weight excluding hydrogens is 397 g/mol. The van der Waals surface area contributed by atoms with Crippen molar-refractivity contribution in [3.63, 3.8) is 0 Å². The van der Waals surface area contributed by atoms with E-state index in [1.165, 1.54) is 0 Å². The van der Waals surface area contributed by atoms with E-state index in [2.05, 4.69) is 5.32 Å². The first-order valence-corrected chi connectivity index (χ1v) is 9.11. The van der Waals surface area contributed by atoms with E-state index in [-0.39, 0.29) is 42.5 Å². The van der Waals surface area contributed by atoms with Crippen LogP contribution in [0.25, 0.3) is 0 Å². The van der Waals surface area contributed by atoms with Crippen molar-refractivity contribution in [2.24, 2.45) is 5.41 Å². The fourth-order valence-electron chi connectivity index (χ4n) is 1.76. The third-order valence-corrected chi connectivity index (χ3v) is 3.55. The number of nitrogens with one attached hydrogen (secondary N) is 1. The fourth-order valence-corrected chi connectivity index (χ4v) is 1.88. The number of ether oxygens (including phenoxy) is 3. The summed E-state index contributed by atoms with van der Waals surface area (Å²) in [5.41, 5.74) is -0.683. The van der Waals surface area contributed by atoms with Crippen molar-refractivity contribution < 1.29 is 58.2 Å². The number of carbonyl (C=O) groups is 3. The molecule has 150 valence electrons. The second-order valence-electron chi connectivity index (χ2n) is 6.86. The second-order valence-corrected chi connectivity index (χ2v) is 7.29. The molecule has 1 aromatic carbocycles. The van der Waals surface area contributed by atoms with Crippen LogP contribution in [0, 0.1) is 5.41 Å². The molecule has 1 rings (SSSR count). The Hall–Kier alpha value is -1.28. The van der Waals surface area contributed by atoms with Gasteiger partial charge in [-0.25, -0.2) is 4.79 Å². The van der Waals surface area contributed by atoms with Gasteiger partial charge in [-0.1, -0.05) is 18.5 Å². The molecule has 0 heterocycles. The quantitative estimate of drug-likeness (QED) is 0.222. The van der Waals surface area contributed by atoms with Crippen LogP contribution < -0.4 is 39.6 Å². The van der Waals surface area contributed by atoms with Gasteiger partial charge in [0.2, 0.25) is 6.29 Å². The Balaban J connectivity index is 0.00000729. The minimum Gasteiger partial charge on any atom is -0.427 e. The molecule has 0 aliphatic carbocycles. The molecule has 0 aliphatic rings. The van der Waals surface area contributed by atoms with Gasteiger partial charge >= 0.3 is 47.6 Å². The Morgan fingerprint density at radius 3 is 2.25 bits per heavy atom. The molecule has 0 spiro atoms. The molecule has 1 aromatic rings. The van der Waals surface area contributed by atoms with Gasteiger partial charge in [-0.2, -0.15) is 0 Å². The molecule has 28 heavy (non-hydrogen) atoms. The zero-order valence-electron chi connectivity index (χ0n) is 17.0. The van der Waals surface area contributed by atoms with Gasteiger partial charge in [0.25, 0.3) is 0 Å². The molecule has 1 N–H and O–H groups in total. The summed E-state index contributed by atoms with van der Waals surface area (Å²) in [6.45, 7) is 7.10. The Morgan fingerprint density at radius 1 is 1.11 bits per heavy atom. The molecule has 1 atom stereocenters. The van der Waals surface area contributed by atoms with Gasteiger partial charge < -0.3 is 19.5 Å². The standard InChI is InChI=1S/C19H26ClNO6.Na/c1-5-16(26-17(23)19(2,3)4)27-18(24)21-12-6-7-15(22)25-14-10-8-13(20)9-11-14;/h8-11,16H,5-7,12H2,1-4H3,(H,21,24);/q;+1. The van der Waals surface area contributed by atoms with E-state index >= 15 is 0 Å². The third kappa shape index (κ3) is 10.9. The van der Waals surface area contributed by atoms with Crippen LogP contribution >= 0.6 is 11.6 Å². The number of hydrogen-bond acceptors (Lipinski definition) is 6. The van der Waals surface area contributed by atoms with Gasteiger partial charge in [-0.05, 0) is 51.5 Å². The molecule has 7 nitrogen and oxygen atoms in total. The van der Waals surface area contributed by atoms with Crippen LogP contribution in [0.3, 0.4) is 0 Å². The first-order chi connectivity index (χ1) is 12.6. The van der Waals surface area contributed by atoms with Crippen LogP contribution in [-0.4, -0.2) is 30.9 Å². The number of hydrogen-bond donors (Lipinski definition) is 1. The molecule has 9 heteroatoms. The maximum absolute atomic E-state index is 11.8. The van der Waals surface area contributed by atoms with Gasteiger partial charge in [-0.3, -0.25) is 9.59 Å². The molecular formula is C19H26ClNNaO6+. The SMILES string of the molecule is CCC(OC(=O)NCCCC(=O)Oc1ccc(Cl)cc1)OC(=O)C(C)(C)C.[Na+]. The maximum Gasteiger partial charge on any atom is 1.00 e. The zero-order valence-corrected chi connectivity index (χ0v) is 19.8. The van der Waals surface area contributed by atoms with E-state index in [1.807, 2.05) is 0 Å². The minimum atomic E-state index is -0.952. The molecule has 0 bridgehead atoms. The first-order valence-electron chi connectivity index (χ1n) is 8.73. The van der Waals surface area contributed by atoms with Crippen LogP contribution in [0.4, 0.5) is 4.79 Å². The minimum absolute atomic E-state index is 0. The number of rotatable bonds is 8. The van der Waals surface area contributed by atoms with Crippen molar-refractivity contribution in [2.75, 3.05) is 6.54 Å². The van der Waals surface area contributed by atoms with Crippen molar-refractivity contribution in [1.82, 2.24) is 5.32 Å². The molecule has 0 aromatic heterocycles. The number of esters is 2. The zero-order chi connectivity index (χ0) is 20.4. The summed E-state index contributed by atoms with van der Waals surface area (Å²) in [4.78, 5) is 35.3. The van der Waals surface area contributed by atoms with Crippen molar-refractivity contribution in [3.05, 3.63) is 29.3 Å². The van der Waals surface area contributed by atoms with Gasteiger partial charge in [-0.15, -0.1) is 0 Å². The number of amides is 1. The predicted molar refractivity (Wildman–Crippen MR) is 100 cm³/mol. The third-order valence-electron chi connectivity index (χ3n) is 3.30. The van der Waals surface area contributed by atoms with Crippen molar-refractivity contribution in [1.29, 1.82) is 0 Å². The summed E-state index contributed by atoms with van der Waals surface area (Å²) in [6, 6.07) is 6.44. The Kier molecular flexibility index (Phi) is 12.4. The van der Waals surface area contributed by atoms with Crippen molar-refractivity contribution in [2.45, 2.75) is 53.2 Å². The van der Waals surface area contributed by atoms with Crippen LogP contribution in [0.1, 0.15) is 47.0 Å². The molecule has 1 unspecified atom stereocenters. The van der Waals surface area contributed by atoms with Crippen molar-refractivity contribution in [3.8, 4) is 5.75 Å². The van der Waals surface area contributed by atoms with E-state index in [1.54, 1.807) is 52.0 Å². The molecule has 0 radical (unpaired) electrons. The molecule has 0 aliphatic heterocycles. The summed E-state index contributed by atoms with van der Waals surface area (Å²) in [5, 5.41) is 3.06. The van der Waals surface area contributed by atoms with Gasteiger partial charge in [0.15, 0.2) is 0 Å². The summed E-state index contributed by atoms with van der Waals surface area (Å²) < 4.78 is 15.3. The van der Waals surface area contributed by atoms with E-state index in [0.29, 0.717) is 23.6 Å². The summed E-state index contributed by atoms with van der Waals surface area (Å²) >= 11 is 5.76. The molecule has 1 amide bonds. The van der Waals surface area contributed by atoms with E-state index in [4.69, 9.17) is 25.8 Å². The second kappa shape index (κ2) is 13.0. The van der Waals surface area contributed by atoms with Crippen LogP contribution in [0.5, 0.6) is 5.75 Å². The number of carbonyl (C=O) groups excluding carboxylic acids is 3. The van der Waals surface area contributed by atoms with E-state index in [0.717, 1.165) is 0 Å². The number of halogens is 1. The van der Waals surface area contributed by atoms with Gasteiger partial charge in [0, 0.05) is 24.4 Å². The van der Waals surface area contributed by atoms with Gasteiger partial charge in [0.05, 0.1) is 5.41 Å². The predicted octanol–water partition coefficient (Wildman–Crippen LogP) is 1.08. The van der Waals surface area contributed by atoms with Crippen molar-refractivity contribution >= 4 is 29.6 Å². The normalized spacial score (nSPS) is 11.6. The summed E-state index contributed by atoms with van der Waals surface area (Å²) in [6.07, 6.45) is -0.830.